The highest BCUT2D eigenvalue weighted by molar-refractivity contribution is 4.75. The van der Waals surface area contributed by atoms with Crippen LogP contribution in [0.25, 0.3) is 0 Å². The van der Waals surface area contributed by atoms with Crippen molar-refractivity contribution in [3.8, 4) is 0 Å². The quantitative estimate of drug-likeness (QED) is 0.722. The van der Waals surface area contributed by atoms with Crippen LogP contribution in [-0.2, 0) is 0 Å². The lowest BCUT2D eigenvalue weighted by atomic mass is 9.89. The summed E-state index contributed by atoms with van der Waals surface area (Å²) in [6, 6.07) is 0.636. The second-order valence-corrected chi connectivity index (χ2v) is 6.75. The van der Waals surface area contributed by atoms with Gasteiger partial charge in [-0.05, 0) is 46.0 Å². The lowest BCUT2D eigenvalue weighted by Gasteiger charge is -2.27. The summed E-state index contributed by atoms with van der Waals surface area (Å²) in [5, 5.41) is 3.61. The van der Waals surface area contributed by atoms with Gasteiger partial charge in [0.1, 0.15) is 0 Å². The smallest absolute Gasteiger partial charge is 0.00989 e. The Balaban J connectivity index is 3.60. The molecule has 0 heterocycles. The first-order valence-corrected chi connectivity index (χ1v) is 5.88. The van der Waals surface area contributed by atoms with Gasteiger partial charge in [-0.25, -0.2) is 0 Å². The topological polar surface area (TPSA) is 12.0 Å². The number of rotatable bonds is 4. The van der Waals surface area contributed by atoms with Crippen LogP contribution in [0, 0.1) is 5.41 Å². The molecule has 0 aliphatic heterocycles. The minimum Gasteiger partial charge on any atom is -0.310 e. The fourth-order valence-electron chi connectivity index (χ4n) is 1.75. The minimum atomic E-state index is 0.251. The van der Waals surface area contributed by atoms with Gasteiger partial charge in [0, 0.05) is 11.6 Å². The third-order valence-corrected chi connectivity index (χ3v) is 2.24. The second-order valence-electron chi connectivity index (χ2n) is 6.75. The highest BCUT2D eigenvalue weighted by atomic mass is 15.0. The average Bonchev–Trinajstić information content (AvgIpc) is 1.78. The average molecular weight is 199 g/mol. The molecule has 1 unspecified atom stereocenters. The molecule has 1 heteroatoms. The zero-order valence-electron chi connectivity index (χ0n) is 11.2. The number of nitrogens with one attached hydrogen (secondary N) is 1. The highest BCUT2D eigenvalue weighted by Gasteiger charge is 2.14. The van der Waals surface area contributed by atoms with Gasteiger partial charge in [-0.1, -0.05) is 27.2 Å². The van der Waals surface area contributed by atoms with Gasteiger partial charge in [0.25, 0.3) is 0 Å². The first kappa shape index (κ1) is 14.0. The molecular formula is C13H29N. The molecule has 1 N–H and O–H groups in total. The summed E-state index contributed by atoms with van der Waals surface area (Å²) in [5.74, 6) is 0. The van der Waals surface area contributed by atoms with Crippen LogP contribution < -0.4 is 5.32 Å². The lowest BCUT2D eigenvalue weighted by Crippen LogP contribution is -2.42. The molecule has 0 radical (unpaired) electrons. The molecular weight excluding hydrogens is 170 g/mol. The van der Waals surface area contributed by atoms with Crippen LogP contribution in [0.5, 0.6) is 0 Å². The molecule has 0 aliphatic rings. The molecule has 0 aromatic carbocycles. The van der Waals surface area contributed by atoms with Crippen LogP contribution in [0.15, 0.2) is 0 Å². The fraction of sp³-hybridized carbons (Fsp3) is 1.00. The van der Waals surface area contributed by atoms with E-state index in [1.165, 1.54) is 19.3 Å². The Morgan fingerprint density at radius 2 is 1.50 bits per heavy atom. The number of hydrogen-bond donors (Lipinski definition) is 1. The van der Waals surface area contributed by atoms with Crippen molar-refractivity contribution in [2.24, 2.45) is 5.41 Å². The summed E-state index contributed by atoms with van der Waals surface area (Å²) in [5.41, 5.74) is 0.739. The summed E-state index contributed by atoms with van der Waals surface area (Å²) in [7, 11) is 0. The van der Waals surface area contributed by atoms with Gasteiger partial charge < -0.3 is 5.32 Å². The van der Waals surface area contributed by atoms with Crippen molar-refractivity contribution < 1.29 is 0 Å². The van der Waals surface area contributed by atoms with Crippen molar-refractivity contribution in [1.82, 2.24) is 5.32 Å². The molecule has 0 amide bonds. The Hall–Kier alpha value is -0.0400. The first-order chi connectivity index (χ1) is 6.10. The summed E-state index contributed by atoms with van der Waals surface area (Å²) in [6.07, 6.45) is 3.94. The van der Waals surface area contributed by atoms with E-state index < -0.39 is 0 Å². The van der Waals surface area contributed by atoms with E-state index in [4.69, 9.17) is 0 Å². The van der Waals surface area contributed by atoms with E-state index in [1.807, 2.05) is 0 Å². The molecule has 0 aromatic heterocycles. The third-order valence-electron chi connectivity index (χ3n) is 2.24. The van der Waals surface area contributed by atoms with E-state index in [0.717, 1.165) is 0 Å². The van der Waals surface area contributed by atoms with Crippen molar-refractivity contribution in [3.63, 3.8) is 0 Å². The fourth-order valence-corrected chi connectivity index (χ4v) is 1.75. The van der Waals surface area contributed by atoms with Gasteiger partial charge >= 0.3 is 0 Å². The Bertz CT molecular complexity index is 148. The monoisotopic (exact) mass is 199 g/mol. The van der Waals surface area contributed by atoms with Gasteiger partial charge in [0.2, 0.25) is 0 Å². The molecule has 0 fully saturated rings. The van der Waals surface area contributed by atoms with E-state index in [9.17, 15) is 0 Å². The maximum absolute atomic E-state index is 3.61. The minimum absolute atomic E-state index is 0.251. The van der Waals surface area contributed by atoms with Gasteiger partial charge in [-0.15, -0.1) is 0 Å². The van der Waals surface area contributed by atoms with Crippen molar-refractivity contribution in [2.75, 3.05) is 0 Å². The summed E-state index contributed by atoms with van der Waals surface area (Å²) < 4.78 is 0. The molecule has 0 rings (SSSR count). The Morgan fingerprint density at radius 1 is 1.00 bits per heavy atom. The SMILES string of the molecule is CC(CCCC(C)(C)C)NC(C)(C)C. The molecule has 0 spiro atoms. The first-order valence-electron chi connectivity index (χ1n) is 5.88. The standard InChI is InChI=1S/C13H29N/c1-11(14-13(5,6)7)9-8-10-12(2,3)4/h11,14H,8-10H2,1-7H3. The van der Waals surface area contributed by atoms with Crippen molar-refractivity contribution in [2.45, 2.75) is 79.3 Å². The lowest BCUT2D eigenvalue weighted by molar-refractivity contribution is 0.318. The molecule has 0 saturated carbocycles. The van der Waals surface area contributed by atoms with E-state index in [1.54, 1.807) is 0 Å². The van der Waals surface area contributed by atoms with Crippen LogP contribution in [0.4, 0.5) is 0 Å². The highest BCUT2D eigenvalue weighted by Crippen LogP contribution is 2.22. The van der Waals surface area contributed by atoms with Crippen LogP contribution in [0.1, 0.15) is 67.7 Å². The van der Waals surface area contributed by atoms with Gasteiger partial charge in [0.05, 0.1) is 0 Å². The van der Waals surface area contributed by atoms with E-state index in [0.29, 0.717) is 11.5 Å². The van der Waals surface area contributed by atoms with Gasteiger partial charge in [0.15, 0.2) is 0 Å². The zero-order valence-corrected chi connectivity index (χ0v) is 11.2. The van der Waals surface area contributed by atoms with Crippen LogP contribution in [-0.4, -0.2) is 11.6 Å². The molecule has 14 heavy (non-hydrogen) atoms. The predicted molar refractivity (Wildman–Crippen MR) is 65.7 cm³/mol. The Morgan fingerprint density at radius 3 is 1.86 bits per heavy atom. The maximum Gasteiger partial charge on any atom is 0.00989 e. The molecule has 1 nitrogen and oxygen atoms in total. The van der Waals surface area contributed by atoms with E-state index in [-0.39, 0.29) is 5.54 Å². The van der Waals surface area contributed by atoms with Crippen LogP contribution >= 0.6 is 0 Å². The summed E-state index contributed by atoms with van der Waals surface area (Å²) in [6.45, 7) is 15.9. The second kappa shape index (κ2) is 5.16. The normalized spacial score (nSPS) is 15.6. The Kier molecular flexibility index (Phi) is 5.14. The molecule has 0 saturated heterocycles. The van der Waals surface area contributed by atoms with E-state index >= 15 is 0 Å². The van der Waals surface area contributed by atoms with Gasteiger partial charge in [-0.2, -0.15) is 0 Å². The molecule has 86 valence electrons. The Labute approximate surface area is 90.7 Å². The predicted octanol–water partition coefficient (Wildman–Crippen LogP) is 3.98. The zero-order chi connectivity index (χ0) is 11.4. The van der Waals surface area contributed by atoms with E-state index in [2.05, 4.69) is 53.8 Å². The molecule has 1 atom stereocenters. The number of hydrogen-bond acceptors (Lipinski definition) is 1. The van der Waals surface area contributed by atoms with Crippen LogP contribution in [0.2, 0.25) is 0 Å². The molecule has 0 bridgehead atoms. The van der Waals surface area contributed by atoms with Crippen molar-refractivity contribution in [3.05, 3.63) is 0 Å². The summed E-state index contributed by atoms with van der Waals surface area (Å²) >= 11 is 0. The van der Waals surface area contributed by atoms with Gasteiger partial charge in [-0.3, -0.25) is 0 Å². The van der Waals surface area contributed by atoms with Crippen LogP contribution in [0.3, 0.4) is 0 Å². The maximum atomic E-state index is 3.61. The molecule has 0 aromatic rings. The third kappa shape index (κ3) is 10.0. The summed E-state index contributed by atoms with van der Waals surface area (Å²) in [4.78, 5) is 0. The molecule has 0 aliphatic carbocycles. The largest absolute Gasteiger partial charge is 0.310 e. The van der Waals surface area contributed by atoms with Crippen molar-refractivity contribution >= 4 is 0 Å². The van der Waals surface area contributed by atoms with Crippen molar-refractivity contribution in [1.29, 1.82) is 0 Å².